The van der Waals surface area contributed by atoms with E-state index < -0.39 is 11.1 Å². The van der Waals surface area contributed by atoms with Crippen LogP contribution in [-0.2, 0) is 24.8 Å². The zero-order valence-electron chi connectivity index (χ0n) is 11.6. The first-order valence-electron chi connectivity index (χ1n) is 6.34. The second kappa shape index (κ2) is 6.19. The molecule has 0 saturated heterocycles. The van der Waals surface area contributed by atoms with Crippen LogP contribution in [-0.4, -0.2) is 15.0 Å². The third-order valence-electron chi connectivity index (χ3n) is 3.14. The van der Waals surface area contributed by atoms with Crippen molar-refractivity contribution in [3.05, 3.63) is 68.5 Å². The van der Waals surface area contributed by atoms with Crippen LogP contribution in [0.4, 0.5) is 0 Å². The molecular formula is C14H16N4O3. The van der Waals surface area contributed by atoms with Gasteiger partial charge >= 0.3 is 11.1 Å². The van der Waals surface area contributed by atoms with Crippen molar-refractivity contribution in [2.75, 3.05) is 0 Å². The highest BCUT2D eigenvalue weighted by molar-refractivity contribution is 5.77. The number of hydrogen-bond donors (Lipinski definition) is 2. The third kappa shape index (κ3) is 3.46. The molecule has 1 amide bonds. The first kappa shape index (κ1) is 14.7. The second-order valence-electron chi connectivity index (χ2n) is 4.71. The van der Waals surface area contributed by atoms with Gasteiger partial charge in [-0.25, -0.2) is 5.84 Å². The van der Waals surface area contributed by atoms with Crippen LogP contribution in [0.25, 0.3) is 0 Å². The van der Waals surface area contributed by atoms with Crippen molar-refractivity contribution >= 4 is 5.91 Å². The first-order chi connectivity index (χ1) is 10.0. The molecule has 2 rings (SSSR count). The summed E-state index contributed by atoms with van der Waals surface area (Å²) in [7, 11) is 1.53. The molecule has 3 N–H and O–H groups in total. The smallest absolute Gasteiger partial charge is 0.312 e. The number of rotatable bonds is 4. The molecule has 1 heterocycles. The molecule has 110 valence electrons. The largest absolute Gasteiger partial charge is 0.316 e. The van der Waals surface area contributed by atoms with Gasteiger partial charge in [0, 0.05) is 19.4 Å². The highest BCUT2D eigenvalue weighted by Gasteiger charge is 2.04. The van der Waals surface area contributed by atoms with Crippen molar-refractivity contribution in [1.29, 1.82) is 0 Å². The zero-order chi connectivity index (χ0) is 15.4. The van der Waals surface area contributed by atoms with E-state index >= 15 is 0 Å². The summed E-state index contributed by atoms with van der Waals surface area (Å²) in [6, 6.07) is 7.19. The number of aromatic nitrogens is 2. The summed E-state index contributed by atoms with van der Waals surface area (Å²) in [6.45, 7) is 0.304. The molecule has 0 aliphatic rings. The molecule has 7 heteroatoms. The Morgan fingerprint density at radius 2 is 1.71 bits per heavy atom. The number of amides is 1. The van der Waals surface area contributed by atoms with Gasteiger partial charge in [0.15, 0.2) is 0 Å². The maximum atomic E-state index is 11.8. The number of carbonyl (C=O) groups is 1. The number of benzene rings is 1. The topological polar surface area (TPSA) is 99.1 Å². The molecule has 21 heavy (non-hydrogen) atoms. The zero-order valence-corrected chi connectivity index (χ0v) is 11.6. The minimum atomic E-state index is -0.563. The molecule has 0 fully saturated rings. The van der Waals surface area contributed by atoms with Crippen LogP contribution in [0.15, 0.2) is 46.2 Å². The molecular weight excluding hydrogens is 272 g/mol. The van der Waals surface area contributed by atoms with Gasteiger partial charge in [-0.2, -0.15) is 0 Å². The molecule has 1 aromatic heterocycles. The summed E-state index contributed by atoms with van der Waals surface area (Å²) in [5.41, 5.74) is 2.62. The monoisotopic (exact) mass is 288 g/mol. The highest BCUT2D eigenvalue weighted by atomic mass is 16.2. The number of nitrogens with one attached hydrogen (secondary N) is 1. The average molecular weight is 288 g/mol. The molecule has 0 atom stereocenters. The van der Waals surface area contributed by atoms with Crippen molar-refractivity contribution in [3.8, 4) is 0 Å². The Balaban J connectivity index is 2.18. The second-order valence-corrected chi connectivity index (χ2v) is 4.71. The molecule has 0 saturated carbocycles. The normalized spacial score (nSPS) is 10.4. The van der Waals surface area contributed by atoms with E-state index in [4.69, 9.17) is 5.84 Å². The van der Waals surface area contributed by atoms with E-state index in [1.807, 2.05) is 12.1 Å². The van der Waals surface area contributed by atoms with Gasteiger partial charge in [0.25, 0.3) is 0 Å². The van der Waals surface area contributed by atoms with Crippen LogP contribution >= 0.6 is 0 Å². The van der Waals surface area contributed by atoms with E-state index in [0.29, 0.717) is 6.54 Å². The van der Waals surface area contributed by atoms with Gasteiger partial charge < -0.3 is 9.13 Å². The fourth-order valence-electron chi connectivity index (χ4n) is 1.91. The molecule has 2 aromatic rings. The predicted molar refractivity (Wildman–Crippen MR) is 77.5 cm³/mol. The van der Waals surface area contributed by atoms with E-state index in [0.717, 1.165) is 11.1 Å². The summed E-state index contributed by atoms with van der Waals surface area (Å²) in [6.07, 6.45) is 3.31. The van der Waals surface area contributed by atoms with E-state index in [1.165, 1.54) is 16.2 Å². The van der Waals surface area contributed by atoms with Crippen LogP contribution in [0.5, 0.6) is 0 Å². The lowest BCUT2D eigenvalue weighted by atomic mass is 10.1. The van der Waals surface area contributed by atoms with E-state index in [2.05, 4.69) is 5.43 Å². The van der Waals surface area contributed by atoms with Crippen LogP contribution in [0.3, 0.4) is 0 Å². The fraction of sp³-hybridized carbons (Fsp3) is 0.214. The number of nitrogens with two attached hydrogens (primary N) is 1. The molecule has 0 spiro atoms. The molecule has 7 nitrogen and oxygen atoms in total. The van der Waals surface area contributed by atoms with Gasteiger partial charge in [0.05, 0.1) is 13.0 Å². The van der Waals surface area contributed by atoms with E-state index in [9.17, 15) is 14.4 Å². The summed E-state index contributed by atoms with van der Waals surface area (Å²) in [5, 5.41) is 0. The lowest BCUT2D eigenvalue weighted by Crippen LogP contribution is -2.39. The van der Waals surface area contributed by atoms with Crippen LogP contribution < -0.4 is 22.4 Å². The molecule has 0 unspecified atom stereocenters. The Bertz CT molecular complexity index is 759. The summed E-state index contributed by atoms with van der Waals surface area (Å²) < 4.78 is 2.59. The number of aryl methyl sites for hydroxylation is 1. The Morgan fingerprint density at radius 3 is 2.33 bits per heavy atom. The van der Waals surface area contributed by atoms with Crippen molar-refractivity contribution in [2.24, 2.45) is 12.9 Å². The molecule has 0 bridgehead atoms. The maximum Gasteiger partial charge on any atom is 0.316 e. The number of nitrogens with zero attached hydrogens (tertiary/aromatic N) is 2. The lowest BCUT2D eigenvalue weighted by molar-refractivity contribution is -0.120. The minimum absolute atomic E-state index is 0.197. The molecule has 0 aliphatic heterocycles. The van der Waals surface area contributed by atoms with E-state index in [-0.39, 0.29) is 12.3 Å². The third-order valence-corrected chi connectivity index (χ3v) is 3.14. The van der Waals surface area contributed by atoms with Gasteiger partial charge in [-0.1, -0.05) is 24.3 Å². The number of carbonyl (C=O) groups excluding carboxylic acids is 1. The van der Waals surface area contributed by atoms with Crippen LogP contribution in [0, 0.1) is 0 Å². The van der Waals surface area contributed by atoms with E-state index in [1.54, 1.807) is 24.5 Å². The van der Waals surface area contributed by atoms with Gasteiger partial charge in [0.1, 0.15) is 0 Å². The quantitative estimate of drug-likeness (QED) is 0.330. The Morgan fingerprint density at radius 1 is 1.10 bits per heavy atom. The Labute approximate surface area is 120 Å². The van der Waals surface area contributed by atoms with Gasteiger partial charge in [0.2, 0.25) is 5.91 Å². The standard InChI is InChI=1S/C14H16N4O3/c1-17-6-7-18(14(21)13(17)20)9-11-4-2-10(3-5-11)8-12(19)16-15/h2-7H,8-9,15H2,1H3,(H,16,19). The van der Waals surface area contributed by atoms with Gasteiger partial charge in [-0.15, -0.1) is 0 Å². The summed E-state index contributed by atoms with van der Waals surface area (Å²) in [4.78, 5) is 34.5. The van der Waals surface area contributed by atoms with Gasteiger partial charge in [-0.3, -0.25) is 19.8 Å². The minimum Gasteiger partial charge on any atom is -0.312 e. The molecule has 1 aromatic carbocycles. The summed E-state index contributed by atoms with van der Waals surface area (Å²) >= 11 is 0. The van der Waals surface area contributed by atoms with Crippen LogP contribution in [0.1, 0.15) is 11.1 Å². The Kier molecular flexibility index (Phi) is 4.34. The van der Waals surface area contributed by atoms with Crippen molar-refractivity contribution in [3.63, 3.8) is 0 Å². The van der Waals surface area contributed by atoms with Crippen molar-refractivity contribution in [2.45, 2.75) is 13.0 Å². The van der Waals surface area contributed by atoms with Crippen LogP contribution in [0.2, 0.25) is 0 Å². The van der Waals surface area contributed by atoms with Crippen molar-refractivity contribution < 1.29 is 4.79 Å². The molecule has 0 aliphatic carbocycles. The predicted octanol–water partition coefficient (Wildman–Crippen LogP) is -0.872. The Hall–Kier alpha value is -2.67. The molecule has 0 radical (unpaired) electrons. The fourth-order valence-corrected chi connectivity index (χ4v) is 1.91. The number of hydrogen-bond acceptors (Lipinski definition) is 4. The highest BCUT2D eigenvalue weighted by Crippen LogP contribution is 2.06. The first-order valence-corrected chi connectivity index (χ1v) is 6.34. The summed E-state index contributed by atoms with van der Waals surface area (Å²) in [5.74, 6) is 4.75. The lowest BCUT2D eigenvalue weighted by Gasteiger charge is -2.07. The van der Waals surface area contributed by atoms with Crippen molar-refractivity contribution in [1.82, 2.24) is 14.6 Å². The average Bonchev–Trinajstić information content (AvgIpc) is 2.49. The SMILES string of the molecule is Cn1ccn(Cc2ccc(CC(=O)NN)cc2)c(=O)c1=O. The maximum absolute atomic E-state index is 11.8. The van der Waals surface area contributed by atoms with Gasteiger partial charge in [-0.05, 0) is 11.1 Å². The number of hydrazine groups is 1.